The lowest BCUT2D eigenvalue weighted by atomic mass is 10.0. The first-order valence-corrected chi connectivity index (χ1v) is 4.04. The number of hydrogen-bond acceptors (Lipinski definition) is 3. The minimum atomic E-state index is -0.113. The van der Waals surface area contributed by atoms with Gasteiger partial charge in [0.25, 0.3) is 0 Å². The van der Waals surface area contributed by atoms with Gasteiger partial charge in [0.2, 0.25) is 0 Å². The van der Waals surface area contributed by atoms with Crippen molar-refractivity contribution in [2.24, 2.45) is 5.92 Å². The average Bonchev–Trinajstić information content (AvgIpc) is 2.36. The summed E-state index contributed by atoms with van der Waals surface area (Å²) < 4.78 is 10.1. The van der Waals surface area contributed by atoms with Crippen molar-refractivity contribution in [2.75, 3.05) is 13.2 Å². The second-order valence-electron chi connectivity index (χ2n) is 2.72. The minimum absolute atomic E-state index is 0.0325. The Morgan fingerprint density at radius 3 is 2.91 bits per heavy atom. The topological polar surface area (TPSA) is 35.5 Å². The molecule has 3 heteroatoms. The Hall–Kier alpha value is -0.570. The molecular formula is C8H14O3. The van der Waals surface area contributed by atoms with Crippen LogP contribution in [-0.2, 0) is 14.3 Å². The molecule has 11 heavy (non-hydrogen) atoms. The molecule has 64 valence electrons. The van der Waals surface area contributed by atoms with Crippen molar-refractivity contribution in [3.63, 3.8) is 0 Å². The molecule has 0 spiro atoms. The molecule has 0 aromatic carbocycles. The van der Waals surface area contributed by atoms with Gasteiger partial charge < -0.3 is 9.47 Å². The molecule has 1 rings (SSSR count). The third-order valence-corrected chi connectivity index (χ3v) is 1.97. The van der Waals surface area contributed by atoms with E-state index in [1.807, 2.05) is 13.8 Å². The summed E-state index contributed by atoms with van der Waals surface area (Å²) in [5.74, 6) is -0.146. The molecule has 0 amide bonds. The second kappa shape index (κ2) is 3.72. The Kier molecular flexibility index (Phi) is 2.88. The Bertz CT molecular complexity index is 144. The van der Waals surface area contributed by atoms with Gasteiger partial charge in [-0.2, -0.15) is 0 Å². The highest BCUT2D eigenvalue weighted by atomic mass is 16.5. The number of carbonyl (C=O) groups is 1. The van der Waals surface area contributed by atoms with Gasteiger partial charge in [-0.05, 0) is 20.3 Å². The minimum Gasteiger partial charge on any atom is -0.466 e. The monoisotopic (exact) mass is 158 g/mol. The third-order valence-electron chi connectivity index (χ3n) is 1.97. The number of ether oxygens (including phenoxy) is 2. The molecule has 2 atom stereocenters. The van der Waals surface area contributed by atoms with Gasteiger partial charge in [0.05, 0.1) is 18.6 Å². The van der Waals surface area contributed by atoms with Crippen LogP contribution in [0.25, 0.3) is 0 Å². The molecule has 3 nitrogen and oxygen atoms in total. The summed E-state index contributed by atoms with van der Waals surface area (Å²) in [7, 11) is 0. The summed E-state index contributed by atoms with van der Waals surface area (Å²) in [6.45, 7) is 4.87. The number of rotatable bonds is 2. The van der Waals surface area contributed by atoms with E-state index in [1.54, 1.807) is 0 Å². The van der Waals surface area contributed by atoms with Gasteiger partial charge in [-0.15, -0.1) is 0 Å². The normalized spacial score (nSPS) is 30.4. The Morgan fingerprint density at radius 1 is 1.73 bits per heavy atom. The molecule has 1 aliphatic rings. The lowest BCUT2D eigenvalue weighted by molar-refractivity contribution is -0.149. The maximum Gasteiger partial charge on any atom is 0.311 e. The van der Waals surface area contributed by atoms with Crippen LogP contribution in [0.5, 0.6) is 0 Å². The first-order valence-electron chi connectivity index (χ1n) is 4.04. The SMILES string of the molecule is CCOC(=O)C1CCOC1C. The highest BCUT2D eigenvalue weighted by Crippen LogP contribution is 2.21. The standard InChI is InChI=1S/C8H14O3/c1-3-10-8(9)7-4-5-11-6(7)2/h6-7H,3-5H2,1-2H3. The first-order chi connectivity index (χ1) is 5.25. The van der Waals surface area contributed by atoms with E-state index in [2.05, 4.69) is 0 Å². The summed E-state index contributed by atoms with van der Waals surface area (Å²) in [6.07, 6.45) is 0.842. The van der Waals surface area contributed by atoms with Gasteiger partial charge in [-0.3, -0.25) is 4.79 Å². The Labute approximate surface area is 66.7 Å². The largest absolute Gasteiger partial charge is 0.466 e. The molecular weight excluding hydrogens is 144 g/mol. The van der Waals surface area contributed by atoms with Gasteiger partial charge >= 0.3 is 5.97 Å². The van der Waals surface area contributed by atoms with Crippen LogP contribution in [0.1, 0.15) is 20.3 Å². The molecule has 0 aromatic rings. The van der Waals surface area contributed by atoms with Crippen LogP contribution in [-0.4, -0.2) is 25.3 Å². The van der Waals surface area contributed by atoms with Crippen LogP contribution < -0.4 is 0 Å². The van der Waals surface area contributed by atoms with Crippen LogP contribution in [0.2, 0.25) is 0 Å². The fraction of sp³-hybridized carbons (Fsp3) is 0.875. The van der Waals surface area contributed by atoms with Crippen LogP contribution in [0.3, 0.4) is 0 Å². The molecule has 0 bridgehead atoms. The molecule has 1 saturated heterocycles. The van der Waals surface area contributed by atoms with Crippen LogP contribution in [0.4, 0.5) is 0 Å². The summed E-state index contributed by atoms with van der Waals surface area (Å²) in [4.78, 5) is 11.2. The molecule has 1 fully saturated rings. The van der Waals surface area contributed by atoms with E-state index in [-0.39, 0.29) is 18.0 Å². The fourth-order valence-electron chi connectivity index (χ4n) is 1.29. The molecule has 2 unspecified atom stereocenters. The van der Waals surface area contributed by atoms with Crippen LogP contribution >= 0.6 is 0 Å². The van der Waals surface area contributed by atoms with Crippen molar-refractivity contribution >= 4 is 5.97 Å². The number of carbonyl (C=O) groups excluding carboxylic acids is 1. The quantitative estimate of drug-likeness (QED) is 0.562. The fourth-order valence-corrected chi connectivity index (χ4v) is 1.29. The van der Waals surface area contributed by atoms with E-state index in [0.717, 1.165) is 6.42 Å². The van der Waals surface area contributed by atoms with Gasteiger partial charge in [0.1, 0.15) is 0 Å². The summed E-state index contributed by atoms with van der Waals surface area (Å²) in [5, 5.41) is 0. The first kappa shape index (κ1) is 8.53. The third kappa shape index (κ3) is 1.93. The summed E-state index contributed by atoms with van der Waals surface area (Å²) in [6, 6.07) is 0. The van der Waals surface area contributed by atoms with Gasteiger partial charge in [-0.1, -0.05) is 0 Å². The van der Waals surface area contributed by atoms with E-state index in [9.17, 15) is 4.79 Å². The van der Waals surface area contributed by atoms with Gasteiger partial charge in [0, 0.05) is 6.61 Å². The molecule has 0 aliphatic carbocycles. The average molecular weight is 158 g/mol. The van der Waals surface area contributed by atoms with E-state index in [1.165, 1.54) is 0 Å². The maximum atomic E-state index is 11.2. The van der Waals surface area contributed by atoms with E-state index >= 15 is 0 Å². The second-order valence-corrected chi connectivity index (χ2v) is 2.72. The Balaban J connectivity index is 2.39. The molecule has 0 saturated carbocycles. The lowest BCUT2D eigenvalue weighted by Crippen LogP contribution is -2.23. The van der Waals surface area contributed by atoms with Crippen molar-refractivity contribution in [3.05, 3.63) is 0 Å². The zero-order valence-electron chi connectivity index (χ0n) is 7.00. The molecule has 0 radical (unpaired) electrons. The van der Waals surface area contributed by atoms with Gasteiger partial charge in [0.15, 0.2) is 0 Å². The molecule has 1 heterocycles. The van der Waals surface area contributed by atoms with Crippen molar-refractivity contribution < 1.29 is 14.3 Å². The van der Waals surface area contributed by atoms with Gasteiger partial charge in [-0.25, -0.2) is 0 Å². The van der Waals surface area contributed by atoms with E-state index < -0.39 is 0 Å². The lowest BCUT2D eigenvalue weighted by Gasteiger charge is -2.11. The number of esters is 1. The molecule has 0 N–H and O–H groups in total. The predicted molar refractivity (Wildman–Crippen MR) is 40.2 cm³/mol. The van der Waals surface area contributed by atoms with Crippen molar-refractivity contribution in [3.8, 4) is 0 Å². The van der Waals surface area contributed by atoms with E-state index in [0.29, 0.717) is 13.2 Å². The summed E-state index contributed by atoms with van der Waals surface area (Å²) >= 11 is 0. The smallest absolute Gasteiger partial charge is 0.311 e. The molecule has 1 aliphatic heterocycles. The van der Waals surface area contributed by atoms with Crippen LogP contribution in [0.15, 0.2) is 0 Å². The van der Waals surface area contributed by atoms with Crippen molar-refractivity contribution in [1.82, 2.24) is 0 Å². The highest BCUT2D eigenvalue weighted by molar-refractivity contribution is 5.73. The zero-order valence-corrected chi connectivity index (χ0v) is 7.00. The Morgan fingerprint density at radius 2 is 2.45 bits per heavy atom. The number of hydrogen-bond donors (Lipinski definition) is 0. The van der Waals surface area contributed by atoms with Crippen LogP contribution in [0, 0.1) is 5.92 Å². The van der Waals surface area contributed by atoms with Crippen molar-refractivity contribution in [2.45, 2.75) is 26.4 Å². The predicted octanol–water partition coefficient (Wildman–Crippen LogP) is 0.975. The van der Waals surface area contributed by atoms with Crippen molar-refractivity contribution in [1.29, 1.82) is 0 Å². The highest BCUT2D eigenvalue weighted by Gasteiger charge is 2.31. The van der Waals surface area contributed by atoms with E-state index in [4.69, 9.17) is 9.47 Å². The maximum absolute atomic E-state index is 11.2. The zero-order chi connectivity index (χ0) is 8.27. The molecule has 0 aromatic heterocycles. The summed E-state index contributed by atoms with van der Waals surface area (Å²) in [5.41, 5.74) is 0.